The molecule has 2 saturated heterocycles. The third-order valence-corrected chi connectivity index (χ3v) is 6.09. The van der Waals surface area contributed by atoms with E-state index in [2.05, 4.69) is 0 Å². The fourth-order valence-electron chi connectivity index (χ4n) is 4.63. The summed E-state index contributed by atoms with van der Waals surface area (Å²) >= 11 is 0. The molecule has 0 saturated carbocycles. The highest BCUT2D eigenvalue weighted by Crippen LogP contribution is 2.57. The van der Waals surface area contributed by atoms with E-state index in [1.807, 2.05) is 49.1 Å². The van der Waals surface area contributed by atoms with E-state index >= 15 is 0 Å². The van der Waals surface area contributed by atoms with Crippen LogP contribution in [0.25, 0.3) is 0 Å². The van der Waals surface area contributed by atoms with E-state index < -0.39 is 5.41 Å². The number of nitrogens with zero attached hydrogens (tertiary/aromatic N) is 2. The van der Waals surface area contributed by atoms with Crippen molar-refractivity contribution in [3.63, 3.8) is 0 Å². The van der Waals surface area contributed by atoms with Gasteiger partial charge in [0.25, 0.3) is 0 Å². The van der Waals surface area contributed by atoms with Crippen LogP contribution in [0.15, 0.2) is 54.6 Å². The van der Waals surface area contributed by atoms with Crippen LogP contribution in [0.4, 0.5) is 10.1 Å². The molecule has 1 atom stereocenters. The second-order valence-corrected chi connectivity index (χ2v) is 8.10. The molecular formula is C23H25FN2O2. The number of likely N-dealkylation sites (tertiary alicyclic amines) is 1. The molecular weight excluding hydrogens is 355 g/mol. The molecule has 2 heterocycles. The maximum absolute atomic E-state index is 13.8. The number of benzene rings is 2. The second kappa shape index (κ2) is 7.04. The molecule has 2 aliphatic rings. The number of carbonyl (C=O) groups is 2. The third kappa shape index (κ3) is 2.89. The lowest BCUT2D eigenvalue weighted by Gasteiger charge is -2.59. The first-order valence-electron chi connectivity index (χ1n) is 9.87. The van der Waals surface area contributed by atoms with Gasteiger partial charge in [0, 0.05) is 24.7 Å². The highest BCUT2D eigenvalue weighted by Gasteiger charge is 2.62. The Hall–Kier alpha value is -2.69. The van der Waals surface area contributed by atoms with Gasteiger partial charge < -0.3 is 9.80 Å². The van der Waals surface area contributed by atoms with E-state index in [1.165, 1.54) is 12.1 Å². The number of carbonyl (C=O) groups excluding carboxylic acids is 2. The Morgan fingerprint density at radius 3 is 2.36 bits per heavy atom. The summed E-state index contributed by atoms with van der Waals surface area (Å²) in [7, 11) is 0. The predicted octanol–water partition coefficient (Wildman–Crippen LogP) is 4.18. The van der Waals surface area contributed by atoms with Gasteiger partial charge in [-0.2, -0.15) is 0 Å². The van der Waals surface area contributed by atoms with Crippen LogP contribution in [0.1, 0.15) is 38.3 Å². The minimum atomic E-state index is -0.526. The summed E-state index contributed by atoms with van der Waals surface area (Å²) < 4.78 is 13.8. The van der Waals surface area contributed by atoms with Gasteiger partial charge in [-0.1, -0.05) is 50.2 Å². The third-order valence-electron chi connectivity index (χ3n) is 6.09. The van der Waals surface area contributed by atoms with E-state index in [9.17, 15) is 14.0 Å². The van der Waals surface area contributed by atoms with Gasteiger partial charge in [0.1, 0.15) is 5.82 Å². The van der Waals surface area contributed by atoms with Gasteiger partial charge in [-0.15, -0.1) is 0 Å². The molecule has 28 heavy (non-hydrogen) atoms. The molecule has 4 rings (SSSR count). The SMILES string of the molecule is CC(C)C(=O)N1CCC2(CC1)C(=O)N(c1cccc(F)c1)C2c1ccccc1. The topological polar surface area (TPSA) is 40.6 Å². The minimum absolute atomic E-state index is 0.0311. The fraction of sp³-hybridized carbons (Fsp3) is 0.391. The molecule has 4 nitrogen and oxygen atoms in total. The van der Waals surface area contributed by atoms with Gasteiger partial charge in [-0.05, 0) is 36.6 Å². The lowest BCUT2D eigenvalue weighted by atomic mass is 9.62. The van der Waals surface area contributed by atoms with Crippen LogP contribution in [0.2, 0.25) is 0 Å². The molecule has 2 amide bonds. The summed E-state index contributed by atoms with van der Waals surface area (Å²) in [5, 5.41) is 0. The lowest BCUT2D eigenvalue weighted by molar-refractivity contribution is -0.150. The molecule has 0 aliphatic carbocycles. The van der Waals surface area contributed by atoms with Crippen LogP contribution in [0, 0.1) is 17.2 Å². The maximum Gasteiger partial charge on any atom is 0.236 e. The molecule has 2 aliphatic heterocycles. The van der Waals surface area contributed by atoms with Crippen molar-refractivity contribution in [1.82, 2.24) is 4.90 Å². The number of anilines is 1. The number of β-lactam (4-membered cyclic amide) rings is 1. The van der Waals surface area contributed by atoms with Crippen LogP contribution < -0.4 is 4.90 Å². The Morgan fingerprint density at radius 2 is 1.75 bits per heavy atom. The molecule has 5 heteroatoms. The van der Waals surface area contributed by atoms with Crippen molar-refractivity contribution in [3.05, 3.63) is 66.0 Å². The normalized spacial score (nSPS) is 21.1. The number of piperidine rings is 1. The number of hydrogen-bond acceptors (Lipinski definition) is 2. The molecule has 2 aromatic rings. The summed E-state index contributed by atoms with van der Waals surface area (Å²) in [6.07, 6.45) is 1.27. The average molecular weight is 380 g/mol. The maximum atomic E-state index is 13.8. The molecule has 0 radical (unpaired) electrons. The highest BCUT2D eigenvalue weighted by atomic mass is 19.1. The van der Waals surface area contributed by atoms with Crippen LogP contribution in [-0.2, 0) is 9.59 Å². The van der Waals surface area contributed by atoms with E-state index in [-0.39, 0.29) is 29.6 Å². The monoisotopic (exact) mass is 380 g/mol. The zero-order chi connectivity index (χ0) is 19.9. The van der Waals surface area contributed by atoms with Crippen LogP contribution in [0.3, 0.4) is 0 Å². The van der Waals surface area contributed by atoms with Gasteiger partial charge in [0.15, 0.2) is 0 Å². The van der Waals surface area contributed by atoms with E-state index in [4.69, 9.17) is 0 Å². The van der Waals surface area contributed by atoms with Gasteiger partial charge in [0.2, 0.25) is 11.8 Å². The zero-order valence-corrected chi connectivity index (χ0v) is 16.3. The summed E-state index contributed by atoms with van der Waals surface area (Å²) in [5.74, 6) is -0.223. The van der Waals surface area contributed by atoms with Gasteiger partial charge in [-0.3, -0.25) is 9.59 Å². The smallest absolute Gasteiger partial charge is 0.236 e. The van der Waals surface area contributed by atoms with Crippen molar-refractivity contribution in [2.45, 2.75) is 32.7 Å². The van der Waals surface area contributed by atoms with Crippen molar-refractivity contribution in [2.75, 3.05) is 18.0 Å². The molecule has 2 aromatic carbocycles. The Bertz CT molecular complexity index is 888. The summed E-state index contributed by atoms with van der Waals surface area (Å²) in [4.78, 5) is 29.3. The largest absolute Gasteiger partial charge is 0.342 e. The fourth-order valence-corrected chi connectivity index (χ4v) is 4.63. The van der Waals surface area contributed by atoms with Crippen LogP contribution >= 0.6 is 0 Å². The molecule has 1 unspecified atom stereocenters. The zero-order valence-electron chi connectivity index (χ0n) is 16.3. The van der Waals surface area contributed by atoms with Crippen molar-refractivity contribution in [3.8, 4) is 0 Å². The second-order valence-electron chi connectivity index (χ2n) is 8.10. The first-order chi connectivity index (χ1) is 13.4. The number of halogens is 1. The standard InChI is InChI=1S/C23H25FN2O2/c1-16(2)21(27)25-13-11-23(12-14-25)20(17-7-4-3-5-8-17)26(22(23)28)19-10-6-9-18(24)15-19/h3-10,15-16,20H,11-14H2,1-2H3. The average Bonchev–Trinajstić information content (AvgIpc) is 2.71. The Balaban J connectivity index is 1.66. The lowest BCUT2D eigenvalue weighted by Crippen LogP contribution is -2.67. The summed E-state index contributed by atoms with van der Waals surface area (Å²) in [5.41, 5.74) is 1.11. The Labute approximate surface area is 164 Å². The van der Waals surface area contributed by atoms with Crippen molar-refractivity contribution in [1.29, 1.82) is 0 Å². The summed E-state index contributed by atoms with van der Waals surface area (Å²) in [6, 6.07) is 16.0. The van der Waals surface area contributed by atoms with E-state index in [0.717, 1.165) is 5.56 Å². The van der Waals surface area contributed by atoms with E-state index in [1.54, 1.807) is 17.0 Å². The van der Waals surface area contributed by atoms with Crippen LogP contribution in [-0.4, -0.2) is 29.8 Å². The first-order valence-corrected chi connectivity index (χ1v) is 9.87. The molecule has 1 spiro atoms. The highest BCUT2D eigenvalue weighted by molar-refractivity contribution is 6.06. The van der Waals surface area contributed by atoms with Crippen molar-refractivity contribution in [2.24, 2.45) is 11.3 Å². The van der Waals surface area contributed by atoms with Crippen LogP contribution in [0.5, 0.6) is 0 Å². The molecule has 2 fully saturated rings. The molecule has 0 bridgehead atoms. The summed E-state index contributed by atoms with van der Waals surface area (Å²) in [6.45, 7) is 4.98. The van der Waals surface area contributed by atoms with Crippen molar-refractivity contribution >= 4 is 17.5 Å². The minimum Gasteiger partial charge on any atom is -0.342 e. The first kappa shape index (κ1) is 18.7. The van der Waals surface area contributed by atoms with Crippen molar-refractivity contribution < 1.29 is 14.0 Å². The quantitative estimate of drug-likeness (QED) is 0.750. The van der Waals surface area contributed by atoms with Gasteiger partial charge in [0.05, 0.1) is 11.5 Å². The number of hydrogen-bond donors (Lipinski definition) is 0. The molecule has 146 valence electrons. The predicted molar refractivity (Wildman–Crippen MR) is 106 cm³/mol. The number of rotatable bonds is 3. The Kier molecular flexibility index (Phi) is 4.69. The molecule has 0 N–H and O–H groups in total. The van der Waals surface area contributed by atoms with Gasteiger partial charge in [-0.25, -0.2) is 4.39 Å². The van der Waals surface area contributed by atoms with E-state index in [0.29, 0.717) is 31.6 Å². The Morgan fingerprint density at radius 1 is 1.07 bits per heavy atom. The molecule has 0 aromatic heterocycles. The van der Waals surface area contributed by atoms with Gasteiger partial charge >= 0.3 is 0 Å². The number of amides is 2.